The van der Waals surface area contributed by atoms with Crippen LogP contribution in [0.5, 0.6) is 0 Å². The second-order valence-electron chi connectivity index (χ2n) is 34.4. The van der Waals surface area contributed by atoms with E-state index in [1.54, 1.807) is 11.6 Å². The van der Waals surface area contributed by atoms with Crippen molar-refractivity contribution in [2.45, 2.75) is 332 Å². The van der Waals surface area contributed by atoms with Gasteiger partial charge in [0.15, 0.2) is 5.78 Å². The van der Waals surface area contributed by atoms with Crippen molar-refractivity contribution >= 4 is 11.5 Å². The van der Waals surface area contributed by atoms with Crippen LogP contribution in [0, 0.1) is 26.2 Å². The molecule has 95 heavy (non-hydrogen) atoms. The first-order valence-electron chi connectivity index (χ1n) is 34.9. The summed E-state index contributed by atoms with van der Waals surface area (Å²) in [6.07, 6.45) is 16.7. The minimum absolute atomic E-state index is 0.0384. The Morgan fingerprint density at radius 1 is 0.505 bits per heavy atom. The fourth-order valence-corrected chi connectivity index (χ4v) is 11.2. The van der Waals surface area contributed by atoms with E-state index in [2.05, 4.69) is 311 Å². The van der Waals surface area contributed by atoms with Crippen molar-refractivity contribution in [3.05, 3.63) is 136 Å². The number of rotatable bonds is 7. The first kappa shape index (κ1) is 86.6. The summed E-state index contributed by atoms with van der Waals surface area (Å²) in [5.74, 6) is 4.71. The molecule has 7 aromatic rings. The quantitative estimate of drug-likeness (QED) is 0.153. The van der Waals surface area contributed by atoms with Gasteiger partial charge in [0.05, 0.1) is 23.6 Å². The number of aryl methyl sites for hydroxylation is 7. The smallest absolute Gasteiger partial charge is 0.151 e. The van der Waals surface area contributed by atoms with E-state index in [0.29, 0.717) is 24.0 Å². The zero-order valence-electron chi connectivity index (χ0n) is 68.1. The van der Waals surface area contributed by atoms with Crippen LogP contribution in [0.2, 0.25) is 0 Å². The lowest BCUT2D eigenvalue weighted by atomic mass is 9.83. The molecule has 0 aliphatic carbocycles. The number of imidazole rings is 4. The fourth-order valence-electron chi connectivity index (χ4n) is 11.2. The van der Waals surface area contributed by atoms with Crippen molar-refractivity contribution in [1.82, 2.24) is 67.5 Å². The minimum atomic E-state index is 0.0384. The number of aliphatic imine (C=N–C) groups is 1. The Hall–Kier alpha value is -6.45. The van der Waals surface area contributed by atoms with Crippen LogP contribution >= 0.6 is 0 Å². The highest BCUT2D eigenvalue weighted by Crippen LogP contribution is 2.36. The third-order valence-electron chi connectivity index (χ3n) is 15.7. The third kappa shape index (κ3) is 27.9. The van der Waals surface area contributed by atoms with Crippen molar-refractivity contribution < 1.29 is 4.79 Å². The fraction of sp³-hybridized carbons (Fsp3) is 0.684. The lowest BCUT2D eigenvalue weighted by Gasteiger charge is -2.21. The van der Waals surface area contributed by atoms with Gasteiger partial charge in [-0.3, -0.25) is 23.8 Å². The number of carbonyl (C=O) groups excluding carboxylic acids is 1. The van der Waals surface area contributed by atoms with Gasteiger partial charge in [0, 0.05) is 162 Å². The van der Waals surface area contributed by atoms with Gasteiger partial charge in [-0.05, 0) is 111 Å². The van der Waals surface area contributed by atoms with Crippen LogP contribution in [0.25, 0.3) is 0 Å². The molecular weight excluding hydrogens is 1170 g/mol. The predicted octanol–water partition coefficient (Wildman–Crippen LogP) is 19.7. The summed E-state index contributed by atoms with van der Waals surface area (Å²) < 4.78 is 14.5. The Bertz CT molecular complexity index is 3360. The molecule has 1 aliphatic heterocycles. The van der Waals surface area contributed by atoms with Crippen LogP contribution in [0.1, 0.15) is 317 Å². The number of ketones is 1. The maximum atomic E-state index is 11.0. The van der Waals surface area contributed by atoms with E-state index < -0.39 is 0 Å². The molecule has 0 amide bonds. The number of hydrogen-bond acceptors (Lipinski definition) is 9. The molecule has 0 N–H and O–H groups in total. The topological polar surface area (TPSA) is 154 Å². The maximum Gasteiger partial charge on any atom is 0.151 e. The highest BCUT2D eigenvalue weighted by atomic mass is 16.1. The zero-order chi connectivity index (χ0) is 74.1. The highest BCUT2D eigenvalue weighted by molar-refractivity contribution is 5.88. The number of Topliss-reactive ketones (excluding diaryl/α,β-unsaturated/α-hetero) is 1. The Labute approximate surface area is 580 Å². The summed E-state index contributed by atoms with van der Waals surface area (Å²) in [5.41, 5.74) is 13.9. The largest absolute Gasteiger partial charge is 0.338 e. The maximum absolute atomic E-state index is 11.0. The van der Waals surface area contributed by atoms with Gasteiger partial charge in [0.1, 0.15) is 23.3 Å². The Balaban J connectivity index is 0.000000544. The second-order valence-corrected chi connectivity index (χ2v) is 34.4. The SMILES string of the molecule is CC(=O)Cn1nc(C)cc1C(C)(C)C.CC(C)n1ccnc1C(C)(C)C.CC(C)n1ccnc1C(C)(C)C.CCC1=C(C(C)(C)C)CC(C)=N1.CCc1nc(C)n(C)c1C(C)(C)C.CCn1nc(C)cc1C(C)(C)C.Cn1ccnc1C(C)(C)C.Cn1nccc1C(C)(C)C. The van der Waals surface area contributed by atoms with Crippen molar-refractivity contribution in [3.63, 3.8) is 0 Å². The van der Waals surface area contributed by atoms with Gasteiger partial charge in [-0.1, -0.05) is 180 Å². The van der Waals surface area contributed by atoms with Crippen molar-refractivity contribution in [3.8, 4) is 0 Å². The van der Waals surface area contributed by atoms with Gasteiger partial charge in [0.2, 0.25) is 0 Å². The Morgan fingerprint density at radius 3 is 1.17 bits per heavy atom. The lowest BCUT2D eigenvalue weighted by molar-refractivity contribution is -0.117. The molecule has 0 unspecified atom stereocenters. The molecule has 0 atom stereocenters. The normalized spacial score (nSPS) is 13.0. The summed E-state index contributed by atoms with van der Waals surface area (Å²) in [7, 11) is 6.09. The zero-order valence-corrected chi connectivity index (χ0v) is 68.1. The first-order valence-corrected chi connectivity index (χ1v) is 34.9. The molecule has 0 spiro atoms. The van der Waals surface area contributed by atoms with Gasteiger partial charge in [-0.2, -0.15) is 15.3 Å². The van der Waals surface area contributed by atoms with E-state index >= 15 is 0 Å². The molecule has 0 saturated carbocycles. The molecule has 0 saturated heterocycles. The molecular formula is C79H139N15O. The molecule has 0 aromatic carbocycles. The van der Waals surface area contributed by atoms with Crippen molar-refractivity contribution in [1.29, 1.82) is 0 Å². The van der Waals surface area contributed by atoms with Gasteiger partial charge in [-0.25, -0.2) is 19.9 Å². The van der Waals surface area contributed by atoms with Crippen LogP contribution in [-0.4, -0.2) is 79.0 Å². The molecule has 16 nitrogen and oxygen atoms in total. The third-order valence-corrected chi connectivity index (χ3v) is 15.7. The Morgan fingerprint density at radius 2 is 0.916 bits per heavy atom. The van der Waals surface area contributed by atoms with Crippen LogP contribution in [0.15, 0.2) is 77.8 Å². The van der Waals surface area contributed by atoms with E-state index in [-0.39, 0.29) is 43.7 Å². The van der Waals surface area contributed by atoms with Gasteiger partial charge in [-0.15, -0.1) is 0 Å². The summed E-state index contributed by atoms with van der Waals surface area (Å²) in [6.45, 7) is 79.0. The molecule has 536 valence electrons. The average Bonchev–Trinajstić information content (AvgIpc) is 1.68. The number of aromatic nitrogens is 14. The van der Waals surface area contributed by atoms with E-state index in [1.165, 1.54) is 39.8 Å². The molecule has 8 rings (SSSR count). The lowest BCUT2D eigenvalue weighted by Crippen LogP contribution is -2.20. The summed E-state index contributed by atoms with van der Waals surface area (Å²) in [6, 6.07) is 7.27. The minimum Gasteiger partial charge on any atom is -0.338 e. The molecule has 8 heterocycles. The van der Waals surface area contributed by atoms with Crippen LogP contribution in [0.3, 0.4) is 0 Å². The summed E-state index contributed by atoms with van der Waals surface area (Å²) in [4.78, 5) is 33.1. The number of hydrogen-bond donors (Lipinski definition) is 0. The molecule has 0 fully saturated rings. The van der Waals surface area contributed by atoms with Gasteiger partial charge in [0.25, 0.3) is 0 Å². The van der Waals surface area contributed by atoms with E-state index in [1.807, 2.05) is 82.1 Å². The molecule has 0 bridgehead atoms. The number of nitrogens with zero attached hydrogens (tertiary/aromatic N) is 15. The number of carbonyl (C=O) groups is 1. The molecule has 0 radical (unpaired) electrons. The summed E-state index contributed by atoms with van der Waals surface area (Å²) >= 11 is 0. The Kier molecular flexibility index (Phi) is 32.0. The summed E-state index contributed by atoms with van der Waals surface area (Å²) in [5, 5.41) is 12.8. The number of allylic oxidation sites excluding steroid dienone is 2. The molecule has 7 aromatic heterocycles. The first-order chi connectivity index (χ1) is 43.0. The van der Waals surface area contributed by atoms with E-state index in [4.69, 9.17) is 0 Å². The van der Waals surface area contributed by atoms with Crippen LogP contribution < -0.4 is 0 Å². The van der Waals surface area contributed by atoms with E-state index in [0.717, 1.165) is 66.2 Å². The van der Waals surface area contributed by atoms with Crippen LogP contribution in [-0.2, 0) is 83.4 Å². The monoisotopic (exact) mass is 1310 g/mol. The van der Waals surface area contributed by atoms with Crippen LogP contribution in [0.4, 0.5) is 0 Å². The van der Waals surface area contributed by atoms with Gasteiger partial charge < -0.3 is 18.3 Å². The average molecular weight is 1320 g/mol. The van der Waals surface area contributed by atoms with Crippen molar-refractivity contribution in [2.75, 3.05) is 0 Å². The molecule has 16 heteroatoms. The standard InChI is InChI=1S/C11H18N2O.C11H20N2.C11H19N.3C10H18N2.2C8H14N2/c1-8-6-10(11(3,4)5)13(12-8)7-9(2)14;1-7-9-10(11(3,4)5)13(6)8(2)12-9;1-6-10-9(11(3,4)5)7-8(2)12-10;2*1-8(2)12-7-6-11-9(12)10(3,4)5;1-6-12-9(10(3,4)5)7-8(2)11-12;1-8(2,3)7-9-5-6-10(7)4;1-8(2,3)7-5-6-9-10(7)4/h6H,7H2,1-5H3;7H2,1-6H3;6-7H2,1-5H3;2*6-8H,1-5H3;7H,6H2,1-5H3;2*5-6H,1-4H3. The van der Waals surface area contributed by atoms with Crippen molar-refractivity contribution in [2.24, 2.45) is 31.6 Å². The molecule has 1 aliphatic rings. The second kappa shape index (κ2) is 35.2. The predicted molar refractivity (Wildman–Crippen MR) is 405 cm³/mol. The highest BCUT2D eigenvalue weighted by Gasteiger charge is 2.27. The van der Waals surface area contributed by atoms with E-state index in [9.17, 15) is 4.79 Å². The van der Waals surface area contributed by atoms with Gasteiger partial charge >= 0.3 is 0 Å².